The van der Waals surface area contributed by atoms with Crippen LogP contribution in [0.2, 0.25) is 0 Å². The van der Waals surface area contributed by atoms with Crippen LogP contribution < -0.4 is 5.43 Å². The van der Waals surface area contributed by atoms with E-state index in [0.717, 1.165) is 11.8 Å². The summed E-state index contributed by atoms with van der Waals surface area (Å²) in [4.78, 5) is 2.69. The van der Waals surface area contributed by atoms with Crippen LogP contribution in [0.1, 0.15) is 32.6 Å². The van der Waals surface area contributed by atoms with Crippen molar-refractivity contribution in [2.45, 2.75) is 32.6 Å². The van der Waals surface area contributed by atoms with Gasteiger partial charge < -0.3 is 4.90 Å². The van der Waals surface area contributed by atoms with E-state index in [0.29, 0.717) is 0 Å². The Morgan fingerprint density at radius 1 is 1.00 bits per heavy atom. The Morgan fingerprint density at radius 2 is 1.62 bits per heavy atom. The van der Waals surface area contributed by atoms with Gasteiger partial charge in [-0.1, -0.05) is 6.92 Å². The van der Waals surface area contributed by atoms with Gasteiger partial charge in [0.25, 0.3) is 0 Å². The molecule has 16 heavy (non-hydrogen) atoms. The van der Waals surface area contributed by atoms with Crippen molar-refractivity contribution in [3.8, 4) is 0 Å². The second-order valence-corrected chi connectivity index (χ2v) is 5.64. The third-order valence-electron chi connectivity index (χ3n) is 4.32. The van der Waals surface area contributed by atoms with Crippen LogP contribution in [0.4, 0.5) is 0 Å². The minimum Gasteiger partial charge on any atom is -0.303 e. The van der Waals surface area contributed by atoms with Gasteiger partial charge in [0.05, 0.1) is 0 Å². The topological polar surface area (TPSA) is 18.5 Å². The molecule has 2 saturated heterocycles. The lowest BCUT2D eigenvalue weighted by atomic mass is 9.94. The molecular formula is C13H27N3. The molecule has 0 amide bonds. The minimum absolute atomic E-state index is 0.943. The zero-order valence-electron chi connectivity index (χ0n) is 10.9. The van der Waals surface area contributed by atoms with Crippen LogP contribution in [0.3, 0.4) is 0 Å². The highest BCUT2D eigenvalue weighted by atomic mass is 15.5. The van der Waals surface area contributed by atoms with Gasteiger partial charge >= 0.3 is 0 Å². The minimum atomic E-state index is 0.943. The van der Waals surface area contributed by atoms with Crippen molar-refractivity contribution in [3.05, 3.63) is 0 Å². The molecule has 0 spiro atoms. The van der Waals surface area contributed by atoms with Crippen LogP contribution in [0, 0.1) is 11.8 Å². The van der Waals surface area contributed by atoms with Gasteiger partial charge in [0, 0.05) is 19.6 Å². The van der Waals surface area contributed by atoms with Crippen molar-refractivity contribution in [2.75, 3.05) is 39.8 Å². The standard InChI is InChI=1S/C13H27N3/c1-12-3-7-15(8-4-12)11-13-5-9-16(14-2)10-6-13/h12-14H,3-11H2,1-2H3. The van der Waals surface area contributed by atoms with E-state index in [4.69, 9.17) is 0 Å². The number of piperidine rings is 2. The molecule has 0 atom stereocenters. The number of hydrogen-bond donors (Lipinski definition) is 1. The van der Waals surface area contributed by atoms with E-state index in [9.17, 15) is 0 Å². The Bertz CT molecular complexity index is 191. The smallest absolute Gasteiger partial charge is 0.0134 e. The molecule has 0 aromatic heterocycles. The van der Waals surface area contributed by atoms with Gasteiger partial charge in [-0.2, -0.15) is 0 Å². The Hall–Kier alpha value is -0.120. The first kappa shape index (κ1) is 12.3. The third kappa shape index (κ3) is 3.44. The van der Waals surface area contributed by atoms with E-state index in [-0.39, 0.29) is 0 Å². The highest BCUT2D eigenvalue weighted by molar-refractivity contribution is 4.76. The number of rotatable bonds is 3. The number of nitrogens with zero attached hydrogens (tertiary/aromatic N) is 2. The maximum Gasteiger partial charge on any atom is 0.0134 e. The first-order valence-corrected chi connectivity index (χ1v) is 6.92. The van der Waals surface area contributed by atoms with E-state index >= 15 is 0 Å². The van der Waals surface area contributed by atoms with Crippen LogP contribution >= 0.6 is 0 Å². The molecule has 0 unspecified atom stereocenters. The molecule has 0 saturated carbocycles. The van der Waals surface area contributed by atoms with E-state index in [1.807, 2.05) is 7.05 Å². The summed E-state index contributed by atoms with van der Waals surface area (Å²) in [6.07, 6.45) is 5.56. The van der Waals surface area contributed by atoms with Crippen LogP contribution in [0.25, 0.3) is 0 Å². The zero-order valence-corrected chi connectivity index (χ0v) is 10.9. The molecular weight excluding hydrogens is 198 g/mol. The lowest BCUT2D eigenvalue weighted by Gasteiger charge is -2.36. The molecule has 2 aliphatic heterocycles. The summed E-state index contributed by atoms with van der Waals surface area (Å²) >= 11 is 0. The molecule has 2 heterocycles. The predicted octanol–water partition coefficient (Wildman–Crippen LogP) is 1.56. The molecule has 0 bridgehead atoms. The molecule has 1 N–H and O–H groups in total. The summed E-state index contributed by atoms with van der Waals surface area (Å²) in [5, 5.41) is 2.34. The molecule has 2 aliphatic rings. The maximum absolute atomic E-state index is 3.25. The monoisotopic (exact) mass is 225 g/mol. The van der Waals surface area contributed by atoms with Gasteiger partial charge in [-0.05, 0) is 57.7 Å². The number of nitrogens with one attached hydrogen (secondary N) is 1. The average molecular weight is 225 g/mol. The van der Waals surface area contributed by atoms with Crippen molar-refractivity contribution in [3.63, 3.8) is 0 Å². The molecule has 0 aromatic carbocycles. The second kappa shape index (κ2) is 5.99. The molecule has 0 radical (unpaired) electrons. The maximum atomic E-state index is 3.25. The summed E-state index contributed by atoms with van der Waals surface area (Å²) in [6.45, 7) is 8.88. The summed E-state index contributed by atoms with van der Waals surface area (Å²) in [6, 6.07) is 0. The predicted molar refractivity (Wildman–Crippen MR) is 68.2 cm³/mol. The zero-order chi connectivity index (χ0) is 11.4. The lowest BCUT2D eigenvalue weighted by molar-refractivity contribution is 0.0993. The second-order valence-electron chi connectivity index (χ2n) is 5.64. The van der Waals surface area contributed by atoms with Gasteiger partial charge in [-0.15, -0.1) is 0 Å². The first-order valence-electron chi connectivity index (χ1n) is 6.92. The summed E-state index contributed by atoms with van der Waals surface area (Å²) in [5.41, 5.74) is 3.25. The molecule has 2 rings (SSSR count). The lowest BCUT2D eigenvalue weighted by Crippen LogP contribution is -2.45. The van der Waals surface area contributed by atoms with Crippen molar-refractivity contribution >= 4 is 0 Å². The number of likely N-dealkylation sites (tertiary alicyclic amines) is 1. The molecule has 3 heteroatoms. The van der Waals surface area contributed by atoms with Crippen LogP contribution in [0.5, 0.6) is 0 Å². The van der Waals surface area contributed by atoms with E-state index in [1.165, 1.54) is 58.4 Å². The van der Waals surface area contributed by atoms with Gasteiger partial charge in [-0.25, -0.2) is 5.01 Å². The summed E-state index contributed by atoms with van der Waals surface area (Å²) in [7, 11) is 2.03. The van der Waals surface area contributed by atoms with E-state index < -0.39 is 0 Å². The molecule has 3 nitrogen and oxygen atoms in total. The molecule has 94 valence electrons. The highest BCUT2D eigenvalue weighted by Crippen LogP contribution is 2.21. The fraction of sp³-hybridized carbons (Fsp3) is 1.00. The van der Waals surface area contributed by atoms with E-state index in [2.05, 4.69) is 22.3 Å². The Labute approximate surface area is 100 Å². The average Bonchev–Trinajstić information content (AvgIpc) is 2.33. The van der Waals surface area contributed by atoms with Crippen molar-refractivity contribution in [1.82, 2.24) is 15.3 Å². The van der Waals surface area contributed by atoms with Gasteiger partial charge in [0.15, 0.2) is 0 Å². The SMILES string of the molecule is CNN1CCC(CN2CCC(C)CC2)CC1. The third-order valence-corrected chi connectivity index (χ3v) is 4.32. The fourth-order valence-electron chi connectivity index (χ4n) is 2.95. The van der Waals surface area contributed by atoms with Crippen LogP contribution in [-0.2, 0) is 0 Å². The summed E-state index contributed by atoms with van der Waals surface area (Å²) in [5.74, 6) is 1.90. The van der Waals surface area contributed by atoms with Crippen LogP contribution in [-0.4, -0.2) is 49.7 Å². The quantitative estimate of drug-likeness (QED) is 0.786. The van der Waals surface area contributed by atoms with Crippen LogP contribution in [0.15, 0.2) is 0 Å². The highest BCUT2D eigenvalue weighted by Gasteiger charge is 2.22. The van der Waals surface area contributed by atoms with Crippen molar-refractivity contribution in [1.29, 1.82) is 0 Å². The Balaban J connectivity index is 1.66. The first-order chi connectivity index (χ1) is 7.78. The number of hydrazine groups is 1. The molecule has 0 aromatic rings. The fourth-order valence-corrected chi connectivity index (χ4v) is 2.95. The Morgan fingerprint density at radius 3 is 2.19 bits per heavy atom. The van der Waals surface area contributed by atoms with Crippen molar-refractivity contribution < 1.29 is 0 Å². The van der Waals surface area contributed by atoms with Crippen molar-refractivity contribution in [2.24, 2.45) is 11.8 Å². The van der Waals surface area contributed by atoms with Gasteiger partial charge in [0.2, 0.25) is 0 Å². The van der Waals surface area contributed by atoms with E-state index in [1.54, 1.807) is 0 Å². The number of hydrogen-bond acceptors (Lipinski definition) is 3. The van der Waals surface area contributed by atoms with Gasteiger partial charge in [0.1, 0.15) is 0 Å². The summed E-state index contributed by atoms with van der Waals surface area (Å²) < 4.78 is 0. The normalized spacial score (nSPS) is 27.4. The largest absolute Gasteiger partial charge is 0.303 e. The molecule has 0 aliphatic carbocycles. The Kier molecular flexibility index (Phi) is 4.62. The van der Waals surface area contributed by atoms with Gasteiger partial charge in [-0.3, -0.25) is 5.43 Å². The molecule has 2 fully saturated rings.